The number of benzene rings is 1. The Hall–Kier alpha value is -1.97. The number of methoxy groups -OCH3 is 1. The van der Waals surface area contributed by atoms with E-state index in [4.69, 9.17) is 4.74 Å². The van der Waals surface area contributed by atoms with Crippen molar-refractivity contribution in [1.82, 2.24) is 9.88 Å². The Balaban J connectivity index is 1.56. The van der Waals surface area contributed by atoms with Gasteiger partial charge >= 0.3 is 0 Å². The Morgan fingerprint density at radius 1 is 1.27 bits per heavy atom. The van der Waals surface area contributed by atoms with Crippen LogP contribution in [0.5, 0.6) is 5.75 Å². The fraction of sp³-hybridized carbons (Fsp3) is 0.500. The molecule has 1 aromatic heterocycles. The molecule has 118 valence electrons. The lowest BCUT2D eigenvalue weighted by Crippen LogP contribution is -2.33. The third kappa shape index (κ3) is 3.26. The first kappa shape index (κ1) is 14.9. The first-order valence-corrected chi connectivity index (χ1v) is 8.18. The van der Waals surface area contributed by atoms with Crippen molar-refractivity contribution in [2.45, 2.75) is 38.6 Å². The second kappa shape index (κ2) is 6.86. The highest BCUT2D eigenvalue weighted by atomic mass is 16.5. The molecule has 0 spiro atoms. The minimum absolute atomic E-state index is 0.234. The molecule has 0 aliphatic heterocycles. The van der Waals surface area contributed by atoms with E-state index in [0.717, 1.165) is 30.5 Å². The highest BCUT2D eigenvalue weighted by Gasteiger charge is 2.20. The topological polar surface area (TPSA) is 43.3 Å². The molecule has 0 bridgehead atoms. The molecular formula is C18H24N2O2. The summed E-state index contributed by atoms with van der Waals surface area (Å²) in [5.41, 5.74) is 1.17. The van der Waals surface area contributed by atoms with E-state index in [0.29, 0.717) is 6.54 Å². The summed E-state index contributed by atoms with van der Waals surface area (Å²) in [6, 6.07) is 8.16. The standard InChI is InChI=1S/C18H24N2O2/c1-22-16-7-8-17-15(13-16)9-11-20(17)12-10-19-18(21)14-5-3-2-4-6-14/h7-9,11,13-14H,2-6,10,12H2,1H3,(H,19,21). The number of amides is 1. The van der Waals surface area contributed by atoms with Gasteiger partial charge < -0.3 is 14.6 Å². The SMILES string of the molecule is COc1ccc2c(ccn2CCNC(=O)C2CCCCC2)c1. The Morgan fingerprint density at radius 2 is 2.09 bits per heavy atom. The van der Waals surface area contributed by atoms with Crippen molar-refractivity contribution in [3.05, 3.63) is 30.5 Å². The molecule has 1 aliphatic rings. The van der Waals surface area contributed by atoms with Crippen molar-refractivity contribution in [1.29, 1.82) is 0 Å². The van der Waals surface area contributed by atoms with Crippen molar-refractivity contribution in [2.75, 3.05) is 13.7 Å². The van der Waals surface area contributed by atoms with Gasteiger partial charge in [-0.25, -0.2) is 0 Å². The Labute approximate surface area is 131 Å². The van der Waals surface area contributed by atoms with Crippen molar-refractivity contribution in [2.24, 2.45) is 5.92 Å². The van der Waals surface area contributed by atoms with Gasteiger partial charge in [0.05, 0.1) is 7.11 Å². The molecule has 0 radical (unpaired) electrons. The van der Waals surface area contributed by atoms with Crippen LogP contribution in [0, 0.1) is 5.92 Å². The lowest BCUT2D eigenvalue weighted by Gasteiger charge is -2.20. The van der Waals surface area contributed by atoms with Crippen LogP contribution < -0.4 is 10.1 Å². The fourth-order valence-electron chi connectivity index (χ4n) is 3.31. The van der Waals surface area contributed by atoms with E-state index in [1.807, 2.05) is 12.1 Å². The number of ether oxygens (including phenoxy) is 1. The van der Waals surface area contributed by atoms with Crippen molar-refractivity contribution in [3.63, 3.8) is 0 Å². The number of nitrogens with one attached hydrogen (secondary N) is 1. The number of hydrogen-bond acceptors (Lipinski definition) is 2. The molecular weight excluding hydrogens is 276 g/mol. The second-order valence-corrected chi connectivity index (χ2v) is 6.06. The molecule has 4 nitrogen and oxygen atoms in total. The van der Waals surface area contributed by atoms with Crippen LogP contribution in [0.4, 0.5) is 0 Å². The van der Waals surface area contributed by atoms with Gasteiger partial charge in [0.25, 0.3) is 0 Å². The lowest BCUT2D eigenvalue weighted by atomic mass is 9.89. The molecule has 4 heteroatoms. The largest absolute Gasteiger partial charge is 0.497 e. The van der Waals surface area contributed by atoms with Crippen LogP contribution in [0.25, 0.3) is 10.9 Å². The average molecular weight is 300 g/mol. The summed E-state index contributed by atoms with van der Waals surface area (Å²) in [5, 5.41) is 4.26. The number of aromatic nitrogens is 1. The van der Waals surface area contributed by atoms with Crippen molar-refractivity contribution < 1.29 is 9.53 Å². The summed E-state index contributed by atoms with van der Waals surface area (Å²) in [5.74, 6) is 1.34. The molecule has 0 atom stereocenters. The summed E-state index contributed by atoms with van der Waals surface area (Å²) >= 11 is 0. The molecule has 2 aromatic rings. The number of carbonyl (C=O) groups is 1. The zero-order valence-corrected chi connectivity index (χ0v) is 13.2. The van der Waals surface area contributed by atoms with Crippen LogP contribution in [0.2, 0.25) is 0 Å². The minimum atomic E-state index is 0.234. The first-order chi connectivity index (χ1) is 10.8. The van der Waals surface area contributed by atoms with E-state index < -0.39 is 0 Å². The minimum Gasteiger partial charge on any atom is -0.497 e. The summed E-state index contributed by atoms with van der Waals surface area (Å²) in [6.45, 7) is 1.49. The molecule has 1 amide bonds. The maximum Gasteiger partial charge on any atom is 0.223 e. The molecule has 1 aromatic carbocycles. The van der Waals surface area contributed by atoms with Crippen LogP contribution in [0.15, 0.2) is 30.5 Å². The Kier molecular flexibility index (Phi) is 4.66. The first-order valence-electron chi connectivity index (χ1n) is 8.18. The molecule has 22 heavy (non-hydrogen) atoms. The van der Waals surface area contributed by atoms with Gasteiger partial charge in [-0.15, -0.1) is 0 Å². The van der Waals surface area contributed by atoms with Gasteiger partial charge in [-0.1, -0.05) is 19.3 Å². The van der Waals surface area contributed by atoms with Gasteiger partial charge in [-0.2, -0.15) is 0 Å². The van der Waals surface area contributed by atoms with E-state index in [1.54, 1.807) is 7.11 Å². The predicted octanol–water partition coefficient (Wildman–Crippen LogP) is 3.35. The van der Waals surface area contributed by atoms with Crippen LogP contribution in [-0.4, -0.2) is 24.1 Å². The van der Waals surface area contributed by atoms with Crippen LogP contribution >= 0.6 is 0 Å². The van der Waals surface area contributed by atoms with Gasteiger partial charge in [0.2, 0.25) is 5.91 Å². The van der Waals surface area contributed by atoms with Crippen LogP contribution in [-0.2, 0) is 11.3 Å². The zero-order valence-electron chi connectivity index (χ0n) is 13.2. The Bertz CT molecular complexity index is 642. The second-order valence-electron chi connectivity index (χ2n) is 6.06. The monoisotopic (exact) mass is 300 g/mol. The van der Waals surface area contributed by atoms with Crippen LogP contribution in [0.1, 0.15) is 32.1 Å². The number of hydrogen-bond donors (Lipinski definition) is 1. The van der Waals surface area contributed by atoms with E-state index in [9.17, 15) is 4.79 Å². The van der Waals surface area contributed by atoms with Crippen LogP contribution in [0.3, 0.4) is 0 Å². The zero-order chi connectivity index (χ0) is 15.4. The van der Waals surface area contributed by atoms with Gasteiger partial charge in [0, 0.05) is 36.1 Å². The van der Waals surface area contributed by atoms with Gasteiger partial charge in [-0.05, 0) is 37.1 Å². The van der Waals surface area contributed by atoms with Crippen molar-refractivity contribution in [3.8, 4) is 5.75 Å². The summed E-state index contributed by atoms with van der Waals surface area (Å²) in [4.78, 5) is 12.1. The smallest absolute Gasteiger partial charge is 0.223 e. The van der Waals surface area contributed by atoms with E-state index in [1.165, 1.54) is 24.8 Å². The Morgan fingerprint density at radius 3 is 2.86 bits per heavy atom. The number of nitrogens with zero attached hydrogens (tertiary/aromatic N) is 1. The molecule has 0 unspecified atom stereocenters. The normalized spacial score (nSPS) is 15.9. The predicted molar refractivity (Wildman–Crippen MR) is 88.1 cm³/mol. The number of carbonyl (C=O) groups excluding carboxylic acids is 1. The molecule has 1 aliphatic carbocycles. The molecule has 1 fully saturated rings. The molecule has 1 N–H and O–H groups in total. The lowest BCUT2D eigenvalue weighted by molar-refractivity contribution is -0.125. The molecule has 1 heterocycles. The number of rotatable bonds is 5. The molecule has 0 saturated heterocycles. The summed E-state index contributed by atoms with van der Waals surface area (Å²) < 4.78 is 7.42. The van der Waals surface area contributed by atoms with E-state index in [-0.39, 0.29) is 11.8 Å². The number of fused-ring (bicyclic) bond motifs is 1. The summed E-state index contributed by atoms with van der Waals surface area (Å²) in [7, 11) is 1.68. The van der Waals surface area contributed by atoms with E-state index in [2.05, 4.69) is 28.2 Å². The molecule has 1 saturated carbocycles. The fourth-order valence-corrected chi connectivity index (χ4v) is 3.31. The quantitative estimate of drug-likeness (QED) is 0.920. The third-order valence-electron chi connectivity index (χ3n) is 4.61. The highest BCUT2D eigenvalue weighted by Crippen LogP contribution is 2.24. The van der Waals surface area contributed by atoms with Gasteiger partial charge in [0.1, 0.15) is 5.75 Å². The van der Waals surface area contributed by atoms with Gasteiger partial charge in [-0.3, -0.25) is 4.79 Å². The average Bonchev–Trinajstić information content (AvgIpc) is 2.98. The molecule has 3 rings (SSSR count). The third-order valence-corrected chi connectivity index (χ3v) is 4.61. The maximum atomic E-state index is 12.1. The van der Waals surface area contributed by atoms with Gasteiger partial charge in [0.15, 0.2) is 0 Å². The summed E-state index contributed by atoms with van der Waals surface area (Å²) in [6.07, 6.45) is 7.85. The highest BCUT2D eigenvalue weighted by molar-refractivity contribution is 5.82. The van der Waals surface area contributed by atoms with Crippen molar-refractivity contribution >= 4 is 16.8 Å². The van der Waals surface area contributed by atoms with E-state index >= 15 is 0 Å². The maximum absolute atomic E-state index is 12.1.